The zero-order valence-corrected chi connectivity index (χ0v) is 10.1. The Hall–Kier alpha value is -1.53. The number of aromatic hydroxyl groups is 1. The van der Waals surface area contributed by atoms with Crippen LogP contribution < -0.4 is 14.8 Å². The van der Waals surface area contributed by atoms with Gasteiger partial charge in [-0.25, -0.2) is 4.39 Å². The molecule has 1 aliphatic rings. The Morgan fingerprint density at radius 1 is 1.44 bits per heavy atom. The molecule has 1 unspecified atom stereocenters. The highest BCUT2D eigenvalue weighted by Crippen LogP contribution is 2.43. The van der Waals surface area contributed by atoms with Gasteiger partial charge in [0.1, 0.15) is 0 Å². The Bertz CT molecular complexity index is 439. The van der Waals surface area contributed by atoms with Crippen molar-refractivity contribution in [3.8, 4) is 17.2 Å². The van der Waals surface area contributed by atoms with E-state index < -0.39 is 17.7 Å². The van der Waals surface area contributed by atoms with Crippen LogP contribution in [0.15, 0.2) is 6.07 Å². The van der Waals surface area contributed by atoms with Crippen molar-refractivity contribution in [1.29, 1.82) is 0 Å². The second-order valence-electron chi connectivity index (χ2n) is 4.07. The Morgan fingerprint density at radius 2 is 2.17 bits per heavy atom. The maximum atomic E-state index is 13.6. The van der Waals surface area contributed by atoms with Gasteiger partial charge >= 0.3 is 0 Å². The summed E-state index contributed by atoms with van der Waals surface area (Å²) in [6.07, 6.45) is -0.403. The van der Waals surface area contributed by atoms with Crippen LogP contribution in [0.2, 0.25) is 0 Å². The molecule has 0 spiro atoms. The van der Waals surface area contributed by atoms with E-state index >= 15 is 0 Å². The number of phenols is 1. The molecule has 0 saturated carbocycles. The molecule has 1 aliphatic heterocycles. The first-order valence-corrected chi connectivity index (χ1v) is 5.78. The van der Waals surface area contributed by atoms with Crippen molar-refractivity contribution in [2.45, 2.75) is 12.5 Å². The highest BCUT2D eigenvalue weighted by molar-refractivity contribution is 5.55. The second kappa shape index (κ2) is 5.41. The Kier molecular flexibility index (Phi) is 3.88. The molecule has 1 aromatic carbocycles. The molecule has 0 fully saturated rings. The van der Waals surface area contributed by atoms with Crippen molar-refractivity contribution in [3.63, 3.8) is 0 Å². The van der Waals surface area contributed by atoms with E-state index in [-0.39, 0.29) is 23.6 Å². The lowest BCUT2D eigenvalue weighted by Crippen LogP contribution is -2.18. The molecule has 1 aromatic rings. The van der Waals surface area contributed by atoms with E-state index in [1.54, 1.807) is 7.05 Å². The van der Waals surface area contributed by atoms with Crippen molar-refractivity contribution in [2.24, 2.45) is 0 Å². The molecule has 0 bridgehead atoms. The van der Waals surface area contributed by atoms with E-state index in [1.807, 2.05) is 0 Å². The maximum absolute atomic E-state index is 13.6. The number of ether oxygens (including phenoxy) is 2. The second-order valence-corrected chi connectivity index (χ2v) is 4.07. The van der Waals surface area contributed by atoms with Crippen LogP contribution in [0.25, 0.3) is 0 Å². The van der Waals surface area contributed by atoms with E-state index in [2.05, 4.69) is 5.32 Å². The first-order valence-electron chi connectivity index (χ1n) is 5.78. The number of benzene rings is 1. The highest BCUT2D eigenvalue weighted by atomic mass is 19.1. The standard InChI is InChI=1S/C12H16FNO4/c1-14-6-8(15)10-11(16)7(13)5-9-12(10)18-4-2-3-17-9/h5,8,14-16H,2-4,6H2,1H3. The summed E-state index contributed by atoms with van der Waals surface area (Å²) in [5, 5.41) is 22.4. The molecule has 5 nitrogen and oxygen atoms in total. The Morgan fingerprint density at radius 3 is 2.89 bits per heavy atom. The van der Waals surface area contributed by atoms with Crippen molar-refractivity contribution >= 4 is 0 Å². The number of hydrogen-bond acceptors (Lipinski definition) is 5. The quantitative estimate of drug-likeness (QED) is 0.752. The number of nitrogens with one attached hydrogen (secondary N) is 1. The van der Waals surface area contributed by atoms with Gasteiger partial charge in [-0.2, -0.15) is 0 Å². The molecule has 0 radical (unpaired) electrons. The van der Waals surface area contributed by atoms with Crippen LogP contribution in [0, 0.1) is 5.82 Å². The number of likely N-dealkylation sites (N-methyl/N-ethyl adjacent to an activating group) is 1. The van der Waals surface area contributed by atoms with Crippen LogP contribution in [0.1, 0.15) is 18.1 Å². The Labute approximate surface area is 104 Å². The number of aliphatic hydroxyl groups excluding tert-OH is 1. The first kappa shape index (κ1) is 12.9. The SMILES string of the molecule is CNCC(O)c1c(O)c(F)cc2c1OCCCO2. The lowest BCUT2D eigenvalue weighted by atomic mass is 10.1. The zero-order valence-electron chi connectivity index (χ0n) is 10.1. The molecule has 0 aliphatic carbocycles. The summed E-state index contributed by atoms with van der Waals surface area (Å²) in [6.45, 7) is 0.989. The molecule has 3 N–H and O–H groups in total. The summed E-state index contributed by atoms with van der Waals surface area (Å²) >= 11 is 0. The number of aliphatic hydroxyl groups is 1. The van der Waals surface area contributed by atoms with Gasteiger partial charge in [-0.3, -0.25) is 0 Å². The van der Waals surface area contributed by atoms with E-state index in [1.165, 1.54) is 0 Å². The summed E-state index contributed by atoms with van der Waals surface area (Å²) in [7, 11) is 1.65. The average molecular weight is 257 g/mol. The predicted octanol–water partition coefficient (Wildman–Crippen LogP) is 0.945. The van der Waals surface area contributed by atoms with Crippen LogP contribution >= 0.6 is 0 Å². The van der Waals surface area contributed by atoms with Crippen molar-refractivity contribution < 1.29 is 24.1 Å². The van der Waals surface area contributed by atoms with E-state index in [4.69, 9.17) is 9.47 Å². The molecule has 0 amide bonds. The van der Waals surface area contributed by atoms with Gasteiger partial charge in [0.15, 0.2) is 23.1 Å². The van der Waals surface area contributed by atoms with Gasteiger partial charge in [0.05, 0.1) is 24.9 Å². The van der Waals surface area contributed by atoms with Crippen LogP contribution in [-0.2, 0) is 0 Å². The topological polar surface area (TPSA) is 71.0 Å². The Balaban J connectivity index is 2.50. The predicted molar refractivity (Wildman–Crippen MR) is 62.6 cm³/mol. The van der Waals surface area contributed by atoms with Crippen LogP contribution in [-0.4, -0.2) is 37.0 Å². The fraction of sp³-hybridized carbons (Fsp3) is 0.500. The molecular formula is C12H16FNO4. The lowest BCUT2D eigenvalue weighted by molar-refractivity contribution is 0.166. The third kappa shape index (κ3) is 2.34. The third-order valence-corrected chi connectivity index (χ3v) is 2.73. The van der Waals surface area contributed by atoms with Crippen LogP contribution in [0.5, 0.6) is 17.2 Å². The number of hydrogen-bond donors (Lipinski definition) is 3. The van der Waals surface area contributed by atoms with E-state index in [0.717, 1.165) is 6.07 Å². The molecule has 0 saturated heterocycles. The smallest absolute Gasteiger partial charge is 0.170 e. The minimum absolute atomic E-state index is 0.0289. The largest absolute Gasteiger partial charge is 0.504 e. The van der Waals surface area contributed by atoms with E-state index in [9.17, 15) is 14.6 Å². The zero-order chi connectivity index (χ0) is 13.1. The minimum atomic E-state index is -1.07. The van der Waals surface area contributed by atoms with Gasteiger partial charge in [0.25, 0.3) is 0 Å². The number of halogens is 1. The number of phenolic OH excluding ortho intramolecular Hbond substituents is 1. The van der Waals surface area contributed by atoms with Crippen molar-refractivity contribution in [3.05, 3.63) is 17.4 Å². The molecule has 6 heteroatoms. The van der Waals surface area contributed by atoms with E-state index in [0.29, 0.717) is 19.6 Å². The summed E-state index contributed by atoms with van der Waals surface area (Å²) < 4.78 is 24.4. The van der Waals surface area contributed by atoms with Gasteiger partial charge in [0, 0.05) is 19.0 Å². The maximum Gasteiger partial charge on any atom is 0.170 e. The fourth-order valence-corrected chi connectivity index (χ4v) is 1.89. The third-order valence-electron chi connectivity index (χ3n) is 2.73. The van der Waals surface area contributed by atoms with Crippen LogP contribution in [0.3, 0.4) is 0 Å². The van der Waals surface area contributed by atoms with Gasteiger partial charge in [-0.1, -0.05) is 0 Å². The normalized spacial score (nSPS) is 16.2. The first-order chi connectivity index (χ1) is 8.65. The average Bonchev–Trinajstić information content (AvgIpc) is 2.56. The summed E-state index contributed by atoms with van der Waals surface area (Å²) in [6, 6.07) is 1.07. The summed E-state index contributed by atoms with van der Waals surface area (Å²) in [5.74, 6) is -0.992. The lowest BCUT2D eigenvalue weighted by Gasteiger charge is -2.18. The molecule has 1 atom stereocenters. The molecular weight excluding hydrogens is 241 g/mol. The number of rotatable bonds is 3. The molecule has 0 aromatic heterocycles. The van der Waals surface area contributed by atoms with Gasteiger partial charge in [0.2, 0.25) is 0 Å². The van der Waals surface area contributed by atoms with Crippen molar-refractivity contribution in [2.75, 3.05) is 26.8 Å². The summed E-state index contributed by atoms with van der Waals surface area (Å²) in [5.41, 5.74) is 0.0289. The summed E-state index contributed by atoms with van der Waals surface area (Å²) in [4.78, 5) is 0. The van der Waals surface area contributed by atoms with Gasteiger partial charge in [-0.05, 0) is 7.05 Å². The molecule has 18 heavy (non-hydrogen) atoms. The van der Waals surface area contributed by atoms with Gasteiger partial charge < -0.3 is 25.0 Å². The van der Waals surface area contributed by atoms with Crippen molar-refractivity contribution in [1.82, 2.24) is 5.32 Å². The molecule has 100 valence electrons. The van der Waals surface area contributed by atoms with Crippen LogP contribution in [0.4, 0.5) is 4.39 Å². The molecule has 2 rings (SSSR count). The fourth-order valence-electron chi connectivity index (χ4n) is 1.89. The molecule has 1 heterocycles. The van der Waals surface area contributed by atoms with Gasteiger partial charge in [-0.15, -0.1) is 0 Å². The highest BCUT2D eigenvalue weighted by Gasteiger charge is 2.26. The minimum Gasteiger partial charge on any atom is -0.504 e. The number of fused-ring (bicyclic) bond motifs is 1. The monoisotopic (exact) mass is 257 g/mol.